The molecule has 1 aromatic heterocycles. The lowest BCUT2D eigenvalue weighted by Crippen LogP contribution is -2.61. The van der Waals surface area contributed by atoms with Crippen molar-refractivity contribution in [2.24, 2.45) is 17.8 Å². The summed E-state index contributed by atoms with van der Waals surface area (Å²) < 4.78 is 5.41. The first kappa shape index (κ1) is 44.9. The van der Waals surface area contributed by atoms with Gasteiger partial charge in [-0.05, 0) is 30.2 Å². The number of amides is 6. The Bertz CT molecular complexity index is 1790. The number of nitrogens with zero attached hydrogens (tertiary/aromatic N) is 4. The summed E-state index contributed by atoms with van der Waals surface area (Å²) in [6.07, 6.45) is 4.32. The number of carbonyl (C=O) groups is 8. The smallest absolute Gasteiger partial charge is 0.326 e. The van der Waals surface area contributed by atoms with Gasteiger partial charge in [-0.15, -0.1) is 0 Å². The zero-order valence-electron chi connectivity index (χ0n) is 33.5. The molecule has 6 amide bonds. The second-order valence-electron chi connectivity index (χ2n) is 15.1. The van der Waals surface area contributed by atoms with Crippen LogP contribution in [0, 0.1) is 17.8 Å². The van der Waals surface area contributed by atoms with Gasteiger partial charge < -0.3 is 40.9 Å². The van der Waals surface area contributed by atoms with Gasteiger partial charge in [0.2, 0.25) is 29.4 Å². The molecule has 1 aromatic carbocycles. The molecule has 2 saturated heterocycles. The van der Waals surface area contributed by atoms with Crippen LogP contribution in [0.25, 0.3) is 0 Å². The number of carboxylic acids is 1. The molecule has 5 N–H and O–H groups in total. The summed E-state index contributed by atoms with van der Waals surface area (Å²) in [4.78, 5) is 119. The van der Waals surface area contributed by atoms with Crippen molar-refractivity contribution in [2.75, 3.05) is 32.8 Å². The third kappa shape index (κ3) is 11.6. The van der Waals surface area contributed by atoms with Gasteiger partial charge in [0.1, 0.15) is 29.9 Å². The molecular weight excluding hydrogens is 752 g/mol. The van der Waals surface area contributed by atoms with E-state index in [9.17, 15) is 43.5 Å². The number of hydrogen-bond acceptors (Lipinski definition) is 11. The van der Waals surface area contributed by atoms with Crippen molar-refractivity contribution in [2.45, 2.75) is 90.5 Å². The van der Waals surface area contributed by atoms with Gasteiger partial charge in [0, 0.05) is 38.4 Å². The summed E-state index contributed by atoms with van der Waals surface area (Å²) in [5.74, 6) is -8.84. The molecule has 2 aromatic rings. The number of rotatable bonds is 18. The number of ketones is 1. The molecule has 2 aliphatic heterocycles. The minimum atomic E-state index is -1.44. The molecule has 4 rings (SSSR count). The Balaban J connectivity index is 1.58. The average molecular weight is 807 g/mol. The van der Waals surface area contributed by atoms with E-state index in [1.807, 2.05) is 0 Å². The maximum absolute atomic E-state index is 14.5. The summed E-state index contributed by atoms with van der Waals surface area (Å²) in [7, 11) is 0. The van der Waals surface area contributed by atoms with Crippen LogP contribution in [0.3, 0.4) is 0 Å². The number of aromatic nitrogens is 2. The number of benzene rings is 1. The molecule has 0 saturated carbocycles. The Morgan fingerprint density at radius 2 is 1.52 bits per heavy atom. The van der Waals surface area contributed by atoms with Crippen molar-refractivity contribution in [3.63, 3.8) is 0 Å². The number of likely N-dealkylation sites (tertiary alicyclic amines) is 1. The van der Waals surface area contributed by atoms with E-state index in [2.05, 4.69) is 31.2 Å². The van der Waals surface area contributed by atoms with E-state index < -0.39 is 95.2 Å². The molecule has 2 fully saturated rings. The van der Waals surface area contributed by atoms with E-state index in [1.54, 1.807) is 69.9 Å². The van der Waals surface area contributed by atoms with Crippen LogP contribution in [0.5, 0.6) is 0 Å². The van der Waals surface area contributed by atoms with Gasteiger partial charge >= 0.3 is 5.97 Å². The Hall–Kier alpha value is -5.78. The van der Waals surface area contributed by atoms with E-state index in [0.29, 0.717) is 12.0 Å². The summed E-state index contributed by atoms with van der Waals surface area (Å²) in [5, 5.41) is 20.1. The van der Waals surface area contributed by atoms with Crippen molar-refractivity contribution in [3.05, 3.63) is 60.2 Å². The molecule has 0 radical (unpaired) electrons. The van der Waals surface area contributed by atoms with Gasteiger partial charge in [0.25, 0.3) is 11.8 Å². The standard InChI is InChI=1S/C40H54N8O10/c1-6-10-27(33(49)37(53)44-28(40(56)57)21-25-11-8-7-9-12-25)43-36(52)32-26(38(54)47-17-19-58-20-18-47)13-16-48(32)39(55)31(24(4)5)46-35(51)30(23(2)3)45-34(50)29-22-41-14-15-42-29/h7-9,11-12,14-15,22-24,26-28,30-32H,6,10,13,16-21H2,1-5H3,(H,43,52)(H,44,53)(H,45,50)(H,46,51)(H,56,57)/t26-,27?,28?,30-,31-,32-/m0/s1. The maximum Gasteiger partial charge on any atom is 0.326 e. The first-order valence-electron chi connectivity index (χ1n) is 19.6. The number of aliphatic carboxylic acids is 1. The lowest BCUT2D eigenvalue weighted by molar-refractivity contribution is -0.149. The molecule has 3 heterocycles. The number of hydrogen-bond donors (Lipinski definition) is 5. The van der Waals surface area contributed by atoms with E-state index >= 15 is 0 Å². The van der Waals surface area contributed by atoms with Crippen LogP contribution < -0.4 is 21.3 Å². The number of carbonyl (C=O) groups excluding carboxylic acids is 7. The molecule has 18 heteroatoms. The van der Waals surface area contributed by atoms with Gasteiger partial charge in [-0.2, -0.15) is 0 Å². The van der Waals surface area contributed by atoms with Gasteiger partial charge in [-0.25, -0.2) is 9.78 Å². The van der Waals surface area contributed by atoms with E-state index in [0.717, 1.165) is 0 Å². The minimum absolute atomic E-state index is 0.00128. The van der Waals surface area contributed by atoms with Crippen molar-refractivity contribution >= 4 is 47.2 Å². The van der Waals surface area contributed by atoms with Crippen LogP contribution in [-0.2, 0) is 44.7 Å². The zero-order chi connectivity index (χ0) is 42.5. The van der Waals surface area contributed by atoms with Gasteiger partial charge in [0.05, 0.1) is 31.4 Å². The summed E-state index contributed by atoms with van der Waals surface area (Å²) in [5.41, 5.74) is 0.607. The van der Waals surface area contributed by atoms with E-state index in [1.165, 1.54) is 23.5 Å². The number of Topliss-reactive ketones (excluding diaryl/α,β-unsaturated/α-hetero) is 1. The van der Waals surface area contributed by atoms with E-state index in [-0.39, 0.29) is 57.8 Å². The predicted octanol–water partition coefficient (Wildman–Crippen LogP) is 0.114. The normalized spacial score (nSPS) is 18.7. The Morgan fingerprint density at radius 1 is 0.845 bits per heavy atom. The van der Waals surface area contributed by atoms with Crippen LogP contribution in [0.2, 0.25) is 0 Å². The monoisotopic (exact) mass is 806 g/mol. The largest absolute Gasteiger partial charge is 0.480 e. The van der Waals surface area contributed by atoms with Crippen LogP contribution in [0.15, 0.2) is 48.9 Å². The van der Waals surface area contributed by atoms with Crippen molar-refractivity contribution in [3.8, 4) is 0 Å². The third-order valence-electron chi connectivity index (χ3n) is 10.2. The highest BCUT2D eigenvalue weighted by atomic mass is 16.5. The lowest BCUT2D eigenvalue weighted by Gasteiger charge is -2.35. The lowest BCUT2D eigenvalue weighted by atomic mass is 9.95. The second kappa shape index (κ2) is 21.1. The highest BCUT2D eigenvalue weighted by molar-refractivity contribution is 6.38. The fourth-order valence-corrected chi connectivity index (χ4v) is 6.99. The highest BCUT2D eigenvalue weighted by Gasteiger charge is 2.49. The van der Waals surface area contributed by atoms with Gasteiger partial charge in [-0.1, -0.05) is 71.4 Å². The van der Waals surface area contributed by atoms with E-state index in [4.69, 9.17) is 4.74 Å². The Kier molecular flexibility index (Phi) is 16.4. The van der Waals surface area contributed by atoms with Gasteiger partial charge in [0.15, 0.2) is 0 Å². The molecule has 2 unspecified atom stereocenters. The number of ether oxygens (including phenoxy) is 1. The topological polar surface area (TPSA) is 246 Å². The number of nitrogens with one attached hydrogen (secondary N) is 4. The fraction of sp³-hybridized carbons (Fsp3) is 0.550. The first-order valence-corrected chi connectivity index (χ1v) is 19.6. The Morgan fingerprint density at radius 3 is 2.10 bits per heavy atom. The molecule has 6 atom stereocenters. The third-order valence-corrected chi connectivity index (χ3v) is 10.2. The van der Waals surface area contributed by atoms with Crippen molar-refractivity contribution in [1.29, 1.82) is 0 Å². The summed E-state index contributed by atoms with van der Waals surface area (Å²) >= 11 is 0. The molecule has 0 bridgehead atoms. The van der Waals surface area contributed by atoms with Crippen molar-refractivity contribution < 1.29 is 48.2 Å². The molecule has 314 valence electrons. The van der Waals surface area contributed by atoms with Crippen LogP contribution in [-0.4, -0.2) is 135 Å². The number of morpholine rings is 1. The fourth-order valence-electron chi connectivity index (χ4n) is 6.99. The highest BCUT2D eigenvalue weighted by Crippen LogP contribution is 2.29. The van der Waals surface area contributed by atoms with Crippen LogP contribution >= 0.6 is 0 Å². The van der Waals surface area contributed by atoms with Crippen LogP contribution in [0.4, 0.5) is 0 Å². The zero-order valence-corrected chi connectivity index (χ0v) is 33.5. The van der Waals surface area contributed by atoms with Crippen LogP contribution in [0.1, 0.15) is 69.9 Å². The van der Waals surface area contributed by atoms with Crippen molar-refractivity contribution in [1.82, 2.24) is 41.0 Å². The molecule has 0 aliphatic carbocycles. The molecule has 0 spiro atoms. The minimum Gasteiger partial charge on any atom is -0.480 e. The molecular formula is C40H54N8O10. The Labute approximate surface area is 337 Å². The molecule has 18 nitrogen and oxygen atoms in total. The SMILES string of the molecule is CCCC(NC(=O)[C@@H]1[C@@H](C(=O)N2CCOCC2)CCN1C(=O)[C@@H](NC(=O)[C@@H](NC(=O)c1cnccn1)C(C)C)C(C)C)C(=O)C(=O)NC(Cc1ccccc1)C(=O)O. The first-order chi connectivity index (χ1) is 27.6. The van der Waals surface area contributed by atoms with Gasteiger partial charge in [-0.3, -0.25) is 38.5 Å². The molecule has 2 aliphatic rings. The summed E-state index contributed by atoms with van der Waals surface area (Å²) in [6, 6.07) is 1.98. The second-order valence-corrected chi connectivity index (χ2v) is 15.1. The average Bonchev–Trinajstić information content (AvgIpc) is 3.67. The molecule has 58 heavy (non-hydrogen) atoms. The summed E-state index contributed by atoms with van der Waals surface area (Å²) in [6.45, 7) is 9.62. The quantitative estimate of drug-likeness (QED) is 0.126. The maximum atomic E-state index is 14.5. The predicted molar refractivity (Wildman–Crippen MR) is 207 cm³/mol. The number of carboxylic acid groups (broad SMARTS) is 1.